The third-order valence-corrected chi connectivity index (χ3v) is 3.26. The molecule has 0 radical (unpaired) electrons. The molecular formula is C16H8F6N4. The van der Waals surface area contributed by atoms with Crippen LogP contribution in [0.3, 0.4) is 0 Å². The molecule has 0 saturated heterocycles. The highest BCUT2D eigenvalue weighted by Crippen LogP contribution is 2.26. The number of aromatic nitrogens is 2. The zero-order valence-electron chi connectivity index (χ0n) is 12.6. The standard InChI is InChI=1S/C16H8F6N4/c17-7-1-3-9(15(21)13(7)19)25-11-5-12(24-6-23-11)26-10-4-2-8(18)14(20)16(10)22/h1-6H,(H2,23,24,25,26). The molecule has 0 fully saturated rings. The molecule has 0 saturated carbocycles. The highest BCUT2D eigenvalue weighted by Gasteiger charge is 2.15. The van der Waals surface area contributed by atoms with E-state index < -0.39 is 46.3 Å². The van der Waals surface area contributed by atoms with Gasteiger partial charge in [-0.1, -0.05) is 0 Å². The SMILES string of the molecule is Fc1ccc(Nc2cc(Nc3ccc(F)c(F)c3F)ncn2)c(F)c1F. The highest BCUT2D eigenvalue weighted by molar-refractivity contribution is 5.63. The summed E-state index contributed by atoms with van der Waals surface area (Å²) in [5.41, 5.74) is -0.792. The first kappa shape index (κ1) is 17.5. The van der Waals surface area contributed by atoms with E-state index in [1.807, 2.05) is 0 Å². The summed E-state index contributed by atoms with van der Waals surface area (Å²) in [7, 11) is 0. The van der Waals surface area contributed by atoms with Crippen molar-refractivity contribution < 1.29 is 26.3 Å². The van der Waals surface area contributed by atoms with Crippen LogP contribution in [0.2, 0.25) is 0 Å². The first-order valence-corrected chi connectivity index (χ1v) is 7.00. The Morgan fingerprint density at radius 3 is 1.42 bits per heavy atom. The molecular weight excluding hydrogens is 362 g/mol. The van der Waals surface area contributed by atoms with Crippen LogP contribution in [-0.2, 0) is 0 Å². The Kier molecular flexibility index (Phi) is 4.65. The van der Waals surface area contributed by atoms with Crippen LogP contribution in [0.15, 0.2) is 36.7 Å². The van der Waals surface area contributed by atoms with E-state index in [0.29, 0.717) is 0 Å². The van der Waals surface area contributed by atoms with Gasteiger partial charge in [0, 0.05) is 6.07 Å². The minimum atomic E-state index is -1.66. The van der Waals surface area contributed by atoms with Crippen LogP contribution in [-0.4, -0.2) is 9.97 Å². The van der Waals surface area contributed by atoms with Gasteiger partial charge in [-0.15, -0.1) is 0 Å². The molecule has 2 N–H and O–H groups in total. The van der Waals surface area contributed by atoms with E-state index in [9.17, 15) is 26.3 Å². The fourth-order valence-electron chi connectivity index (χ4n) is 2.01. The van der Waals surface area contributed by atoms with Crippen molar-refractivity contribution in [3.8, 4) is 0 Å². The first-order valence-electron chi connectivity index (χ1n) is 7.00. The van der Waals surface area contributed by atoms with Crippen LogP contribution < -0.4 is 10.6 Å². The third kappa shape index (κ3) is 3.39. The normalized spacial score (nSPS) is 10.7. The Morgan fingerprint density at radius 1 is 0.577 bits per heavy atom. The van der Waals surface area contributed by atoms with Gasteiger partial charge in [0.15, 0.2) is 34.9 Å². The maximum atomic E-state index is 13.7. The van der Waals surface area contributed by atoms with Gasteiger partial charge in [0.25, 0.3) is 0 Å². The molecule has 0 amide bonds. The number of nitrogens with one attached hydrogen (secondary N) is 2. The van der Waals surface area contributed by atoms with Crippen molar-refractivity contribution in [3.63, 3.8) is 0 Å². The average Bonchev–Trinajstić information content (AvgIpc) is 2.63. The fourth-order valence-corrected chi connectivity index (χ4v) is 2.01. The molecule has 1 heterocycles. The van der Waals surface area contributed by atoms with Gasteiger partial charge in [-0.3, -0.25) is 0 Å². The van der Waals surface area contributed by atoms with Crippen LogP contribution in [0, 0.1) is 34.9 Å². The first-order chi connectivity index (χ1) is 12.4. The Labute approximate surface area is 142 Å². The summed E-state index contributed by atoms with van der Waals surface area (Å²) in [6, 6.07) is 4.52. The predicted molar refractivity (Wildman–Crippen MR) is 81.2 cm³/mol. The molecule has 134 valence electrons. The molecule has 3 rings (SSSR count). The van der Waals surface area contributed by atoms with Crippen LogP contribution in [0.1, 0.15) is 0 Å². The van der Waals surface area contributed by atoms with Crippen molar-refractivity contribution in [3.05, 3.63) is 71.6 Å². The highest BCUT2D eigenvalue weighted by atomic mass is 19.2. The predicted octanol–water partition coefficient (Wildman–Crippen LogP) is 4.80. The van der Waals surface area contributed by atoms with Gasteiger partial charge in [-0.25, -0.2) is 36.3 Å². The number of halogens is 6. The Bertz CT molecular complexity index is 904. The molecule has 4 nitrogen and oxygen atoms in total. The summed E-state index contributed by atoms with van der Waals surface area (Å²) in [4.78, 5) is 7.50. The quantitative estimate of drug-likeness (QED) is 0.512. The van der Waals surface area contributed by atoms with Crippen LogP contribution in [0.25, 0.3) is 0 Å². The van der Waals surface area contributed by atoms with E-state index in [1.165, 1.54) is 6.07 Å². The minimum absolute atomic E-state index is 0.0459. The average molecular weight is 370 g/mol. The zero-order valence-corrected chi connectivity index (χ0v) is 12.6. The monoisotopic (exact) mass is 370 g/mol. The molecule has 0 aliphatic heterocycles. The second-order valence-electron chi connectivity index (χ2n) is 4.98. The Hall–Kier alpha value is -3.30. The van der Waals surface area contributed by atoms with Gasteiger partial charge in [0.05, 0.1) is 11.4 Å². The lowest BCUT2D eigenvalue weighted by atomic mass is 10.2. The second-order valence-corrected chi connectivity index (χ2v) is 4.98. The summed E-state index contributed by atoms with van der Waals surface area (Å²) in [5, 5.41) is 4.80. The lowest BCUT2D eigenvalue weighted by Crippen LogP contribution is -2.03. The van der Waals surface area contributed by atoms with Gasteiger partial charge >= 0.3 is 0 Å². The third-order valence-electron chi connectivity index (χ3n) is 3.26. The summed E-state index contributed by atoms with van der Waals surface area (Å²) in [5.74, 6) is -9.03. The number of hydrogen-bond donors (Lipinski definition) is 2. The topological polar surface area (TPSA) is 49.8 Å². The minimum Gasteiger partial charge on any atom is -0.338 e. The fraction of sp³-hybridized carbons (Fsp3) is 0. The van der Waals surface area contributed by atoms with Crippen molar-refractivity contribution in [2.75, 3.05) is 10.6 Å². The smallest absolute Gasteiger partial charge is 0.196 e. The lowest BCUT2D eigenvalue weighted by Gasteiger charge is -2.10. The van der Waals surface area contributed by atoms with Gasteiger partial charge in [-0.05, 0) is 24.3 Å². The van der Waals surface area contributed by atoms with E-state index in [2.05, 4.69) is 20.6 Å². The largest absolute Gasteiger partial charge is 0.338 e. The molecule has 1 aromatic heterocycles. The number of benzene rings is 2. The van der Waals surface area contributed by atoms with E-state index >= 15 is 0 Å². The van der Waals surface area contributed by atoms with Crippen molar-refractivity contribution in [1.29, 1.82) is 0 Å². The molecule has 26 heavy (non-hydrogen) atoms. The van der Waals surface area contributed by atoms with Crippen LogP contribution in [0.5, 0.6) is 0 Å². The van der Waals surface area contributed by atoms with Crippen molar-refractivity contribution >= 4 is 23.0 Å². The molecule has 0 bridgehead atoms. The summed E-state index contributed by atoms with van der Waals surface area (Å²) in [6.07, 6.45) is 1.00. The number of rotatable bonds is 4. The second kappa shape index (κ2) is 6.90. The molecule has 3 aromatic rings. The maximum absolute atomic E-state index is 13.7. The Morgan fingerprint density at radius 2 is 1.00 bits per heavy atom. The van der Waals surface area contributed by atoms with Crippen molar-refractivity contribution in [2.24, 2.45) is 0 Å². The number of nitrogens with zero attached hydrogens (tertiary/aromatic N) is 2. The summed E-state index contributed by atoms with van der Waals surface area (Å²) >= 11 is 0. The summed E-state index contributed by atoms with van der Waals surface area (Å²) in [6.45, 7) is 0. The van der Waals surface area contributed by atoms with E-state index in [-0.39, 0.29) is 11.6 Å². The molecule has 0 atom stereocenters. The molecule has 0 unspecified atom stereocenters. The molecule has 10 heteroatoms. The lowest BCUT2D eigenvalue weighted by molar-refractivity contribution is 0.449. The van der Waals surface area contributed by atoms with Crippen molar-refractivity contribution in [1.82, 2.24) is 9.97 Å². The van der Waals surface area contributed by atoms with E-state index in [4.69, 9.17) is 0 Å². The van der Waals surface area contributed by atoms with E-state index in [0.717, 1.165) is 30.6 Å². The molecule has 0 aliphatic rings. The molecule has 0 spiro atoms. The zero-order chi connectivity index (χ0) is 18.8. The Balaban J connectivity index is 1.85. The van der Waals surface area contributed by atoms with Crippen LogP contribution in [0.4, 0.5) is 49.4 Å². The summed E-state index contributed by atoms with van der Waals surface area (Å²) < 4.78 is 79.7. The van der Waals surface area contributed by atoms with E-state index in [1.54, 1.807) is 0 Å². The van der Waals surface area contributed by atoms with Gasteiger partial charge in [-0.2, -0.15) is 0 Å². The molecule has 2 aromatic carbocycles. The maximum Gasteiger partial charge on any atom is 0.196 e. The van der Waals surface area contributed by atoms with Crippen LogP contribution >= 0.6 is 0 Å². The van der Waals surface area contributed by atoms with Gasteiger partial charge in [0.2, 0.25) is 0 Å². The van der Waals surface area contributed by atoms with Gasteiger partial charge in [0.1, 0.15) is 18.0 Å². The van der Waals surface area contributed by atoms with Gasteiger partial charge < -0.3 is 10.6 Å². The van der Waals surface area contributed by atoms with Crippen molar-refractivity contribution in [2.45, 2.75) is 0 Å². The number of hydrogen-bond acceptors (Lipinski definition) is 4. The molecule has 0 aliphatic carbocycles. The number of anilines is 4.